The molecule has 12 heteroatoms. The van der Waals surface area contributed by atoms with Crippen molar-refractivity contribution >= 4 is 25.7 Å². The number of benzene rings is 2. The third-order valence-corrected chi connectivity index (χ3v) is 8.71. The molecule has 0 radical (unpaired) electrons. The standard InChI is InChI=1S/C21H24FN5O4S2/c1-26(2)33(30,31)17-10-8-16(9-11-17)32(28,29)25-15-7-12-19(22)18(14-15)21-24-23-20-6-4-3-5-13-27(20)21/h7-12,14,25H,3-6,13H2,1-2H3. The summed E-state index contributed by atoms with van der Waals surface area (Å²) in [6.07, 6.45) is 3.75. The van der Waals surface area contributed by atoms with Crippen molar-refractivity contribution in [3.8, 4) is 11.4 Å². The summed E-state index contributed by atoms with van der Waals surface area (Å²) < 4.78 is 70.1. The molecule has 0 saturated carbocycles. The Morgan fingerprint density at radius 1 is 0.939 bits per heavy atom. The first kappa shape index (κ1) is 23.3. The van der Waals surface area contributed by atoms with Crippen molar-refractivity contribution in [2.75, 3.05) is 18.8 Å². The van der Waals surface area contributed by atoms with Crippen molar-refractivity contribution in [2.45, 2.75) is 42.0 Å². The number of rotatable bonds is 6. The van der Waals surface area contributed by atoms with E-state index in [1.807, 2.05) is 4.57 Å². The highest BCUT2D eigenvalue weighted by Crippen LogP contribution is 2.28. The van der Waals surface area contributed by atoms with Crippen LogP contribution >= 0.6 is 0 Å². The zero-order chi connectivity index (χ0) is 23.8. The normalized spacial score (nSPS) is 14.7. The molecule has 1 aromatic heterocycles. The molecule has 9 nitrogen and oxygen atoms in total. The van der Waals surface area contributed by atoms with Gasteiger partial charge in [0, 0.05) is 32.7 Å². The van der Waals surface area contributed by atoms with E-state index in [1.54, 1.807) is 0 Å². The second-order valence-corrected chi connectivity index (χ2v) is 11.8. The fourth-order valence-electron chi connectivity index (χ4n) is 3.66. The zero-order valence-corrected chi connectivity index (χ0v) is 19.8. The number of fused-ring (bicyclic) bond motifs is 1. The SMILES string of the molecule is CN(C)S(=O)(=O)c1ccc(S(=O)(=O)Nc2ccc(F)c(-c3nnc4n3CCCCC4)c2)cc1. The fraction of sp³-hybridized carbons (Fsp3) is 0.333. The van der Waals surface area contributed by atoms with Gasteiger partial charge in [-0.1, -0.05) is 6.42 Å². The highest BCUT2D eigenvalue weighted by molar-refractivity contribution is 7.92. The van der Waals surface area contributed by atoms with Crippen LogP contribution in [-0.2, 0) is 33.0 Å². The summed E-state index contributed by atoms with van der Waals surface area (Å²) in [4.78, 5) is -0.148. The number of hydrogen-bond acceptors (Lipinski definition) is 6. The molecular formula is C21H24FN5O4S2. The maximum absolute atomic E-state index is 14.7. The number of aryl methyl sites for hydroxylation is 1. The Labute approximate surface area is 192 Å². The summed E-state index contributed by atoms with van der Waals surface area (Å²) in [5.74, 6) is 0.625. The summed E-state index contributed by atoms with van der Waals surface area (Å²) in [7, 11) is -4.94. The van der Waals surface area contributed by atoms with Gasteiger partial charge in [-0.2, -0.15) is 0 Å². The predicted molar refractivity (Wildman–Crippen MR) is 121 cm³/mol. The van der Waals surface area contributed by atoms with E-state index in [0.29, 0.717) is 12.4 Å². The van der Waals surface area contributed by atoms with Gasteiger partial charge >= 0.3 is 0 Å². The lowest BCUT2D eigenvalue weighted by Crippen LogP contribution is -2.22. The van der Waals surface area contributed by atoms with Gasteiger partial charge in [0.05, 0.1) is 15.4 Å². The Kier molecular flexibility index (Phi) is 6.25. The molecule has 0 fully saturated rings. The van der Waals surface area contributed by atoms with E-state index in [0.717, 1.165) is 35.8 Å². The van der Waals surface area contributed by atoms with Crippen molar-refractivity contribution in [2.24, 2.45) is 0 Å². The second-order valence-electron chi connectivity index (χ2n) is 7.96. The number of halogens is 1. The highest BCUT2D eigenvalue weighted by Gasteiger charge is 2.22. The lowest BCUT2D eigenvalue weighted by Gasteiger charge is -2.13. The van der Waals surface area contributed by atoms with E-state index < -0.39 is 25.9 Å². The number of aromatic nitrogens is 3. The minimum atomic E-state index is -4.04. The van der Waals surface area contributed by atoms with Gasteiger partial charge in [-0.25, -0.2) is 25.5 Å². The van der Waals surface area contributed by atoms with Gasteiger partial charge in [-0.3, -0.25) is 4.72 Å². The van der Waals surface area contributed by atoms with Crippen LogP contribution in [0.5, 0.6) is 0 Å². The van der Waals surface area contributed by atoms with Crippen LogP contribution in [0.15, 0.2) is 52.3 Å². The maximum atomic E-state index is 14.7. The molecule has 1 aliphatic heterocycles. The zero-order valence-electron chi connectivity index (χ0n) is 18.2. The molecular weight excluding hydrogens is 469 g/mol. The van der Waals surface area contributed by atoms with Gasteiger partial charge in [-0.15, -0.1) is 10.2 Å². The molecule has 0 atom stereocenters. The minimum absolute atomic E-state index is 0.0250. The molecule has 0 amide bonds. The number of nitrogens with one attached hydrogen (secondary N) is 1. The molecule has 4 rings (SSSR count). The van der Waals surface area contributed by atoms with Gasteiger partial charge in [-0.05, 0) is 55.3 Å². The second kappa shape index (κ2) is 8.84. The van der Waals surface area contributed by atoms with Crippen molar-refractivity contribution in [3.05, 3.63) is 54.1 Å². The first-order valence-corrected chi connectivity index (χ1v) is 13.3. The van der Waals surface area contributed by atoms with Gasteiger partial charge < -0.3 is 4.57 Å². The van der Waals surface area contributed by atoms with E-state index in [2.05, 4.69) is 14.9 Å². The smallest absolute Gasteiger partial charge is 0.261 e. The monoisotopic (exact) mass is 493 g/mol. The van der Waals surface area contributed by atoms with Crippen LogP contribution in [-0.4, -0.2) is 50.0 Å². The molecule has 0 aliphatic carbocycles. The van der Waals surface area contributed by atoms with E-state index in [1.165, 1.54) is 56.6 Å². The average molecular weight is 494 g/mol. The Bertz CT molecular complexity index is 1380. The summed E-state index contributed by atoms with van der Waals surface area (Å²) in [5, 5.41) is 8.33. The van der Waals surface area contributed by atoms with Crippen LogP contribution in [0, 0.1) is 5.82 Å². The molecule has 0 spiro atoms. The van der Waals surface area contributed by atoms with Gasteiger partial charge in [0.25, 0.3) is 10.0 Å². The minimum Gasteiger partial charge on any atom is -0.311 e. The van der Waals surface area contributed by atoms with E-state index in [9.17, 15) is 21.2 Å². The Morgan fingerprint density at radius 2 is 1.64 bits per heavy atom. The molecule has 0 unspecified atom stereocenters. The lowest BCUT2D eigenvalue weighted by atomic mass is 10.1. The van der Waals surface area contributed by atoms with Crippen molar-refractivity contribution in [1.82, 2.24) is 19.1 Å². The maximum Gasteiger partial charge on any atom is 0.261 e. The Balaban J connectivity index is 1.63. The van der Waals surface area contributed by atoms with Crippen LogP contribution in [0.1, 0.15) is 25.1 Å². The number of anilines is 1. The Morgan fingerprint density at radius 3 is 2.33 bits per heavy atom. The van der Waals surface area contributed by atoms with Crippen LogP contribution < -0.4 is 4.72 Å². The van der Waals surface area contributed by atoms with Crippen molar-refractivity contribution < 1.29 is 21.2 Å². The molecule has 0 bridgehead atoms. The molecule has 1 aliphatic rings. The quantitative estimate of drug-likeness (QED) is 0.565. The Hall–Kier alpha value is -2.83. The average Bonchev–Trinajstić information content (AvgIpc) is 3.02. The van der Waals surface area contributed by atoms with E-state index in [-0.39, 0.29) is 21.0 Å². The van der Waals surface area contributed by atoms with Crippen LogP contribution in [0.2, 0.25) is 0 Å². The van der Waals surface area contributed by atoms with Gasteiger partial charge in [0.15, 0.2) is 5.82 Å². The largest absolute Gasteiger partial charge is 0.311 e. The molecule has 1 N–H and O–H groups in total. The molecule has 3 aromatic rings. The summed E-state index contributed by atoms with van der Waals surface area (Å²) in [6.45, 7) is 0.676. The molecule has 0 saturated heterocycles. The van der Waals surface area contributed by atoms with Crippen LogP contribution in [0.4, 0.5) is 10.1 Å². The summed E-state index contributed by atoms with van der Waals surface area (Å²) >= 11 is 0. The van der Waals surface area contributed by atoms with Gasteiger partial charge in [0.1, 0.15) is 11.6 Å². The van der Waals surface area contributed by atoms with Crippen LogP contribution in [0.25, 0.3) is 11.4 Å². The molecule has 176 valence electrons. The summed E-state index contributed by atoms with van der Waals surface area (Å²) in [5.41, 5.74) is 0.311. The molecule has 2 heterocycles. The fourth-order valence-corrected chi connectivity index (χ4v) is 5.61. The first-order chi connectivity index (χ1) is 15.6. The predicted octanol–water partition coefficient (Wildman–Crippen LogP) is 2.86. The van der Waals surface area contributed by atoms with E-state index >= 15 is 0 Å². The van der Waals surface area contributed by atoms with Gasteiger partial charge in [0.2, 0.25) is 10.0 Å². The highest BCUT2D eigenvalue weighted by atomic mass is 32.2. The molecule has 2 aromatic carbocycles. The summed E-state index contributed by atoms with van der Waals surface area (Å²) in [6, 6.07) is 8.76. The number of nitrogens with zero attached hydrogens (tertiary/aromatic N) is 4. The van der Waals surface area contributed by atoms with Crippen molar-refractivity contribution in [1.29, 1.82) is 0 Å². The first-order valence-electron chi connectivity index (χ1n) is 10.4. The number of sulfonamides is 2. The number of hydrogen-bond donors (Lipinski definition) is 1. The third kappa shape index (κ3) is 4.63. The lowest BCUT2D eigenvalue weighted by molar-refractivity contribution is 0.520. The molecule has 33 heavy (non-hydrogen) atoms. The third-order valence-electron chi connectivity index (χ3n) is 5.48. The van der Waals surface area contributed by atoms with E-state index in [4.69, 9.17) is 0 Å². The van der Waals surface area contributed by atoms with Crippen molar-refractivity contribution in [3.63, 3.8) is 0 Å². The topological polar surface area (TPSA) is 114 Å². The van der Waals surface area contributed by atoms with Crippen LogP contribution in [0.3, 0.4) is 0 Å².